The molecule has 2 rings (SSSR count). The van der Waals surface area contributed by atoms with Gasteiger partial charge < -0.3 is 9.47 Å². The van der Waals surface area contributed by atoms with E-state index in [0.29, 0.717) is 5.82 Å². The van der Waals surface area contributed by atoms with Crippen molar-refractivity contribution in [2.75, 3.05) is 4.90 Å². The number of carbonyl (C=O) groups is 2. The average molecular weight is 360 g/mol. The second-order valence-corrected chi connectivity index (χ2v) is 7.60. The molecule has 0 unspecified atom stereocenters. The smallest absolute Gasteiger partial charge is 0.425 e. The summed E-state index contributed by atoms with van der Waals surface area (Å²) in [5.74, 6) is 0.533. The Morgan fingerprint density at radius 1 is 0.962 bits per heavy atom. The van der Waals surface area contributed by atoms with Crippen LogP contribution in [0.15, 0.2) is 36.7 Å². The molecule has 0 aliphatic rings. The Morgan fingerprint density at radius 3 is 2.00 bits per heavy atom. The van der Waals surface area contributed by atoms with Crippen LogP contribution in [-0.2, 0) is 9.47 Å². The molecule has 2 amide bonds. The van der Waals surface area contributed by atoms with Gasteiger partial charge >= 0.3 is 12.2 Å². The molecule has 140 valence electrons. The van der Waals surface area contributed by atoms with E-state index in [1.807, 2.05) is 0 Å². The summed E-state index contributed by atoms with van der Waals surface area (Å²) >= 11 is 0. The first kappa shape index (κ1) is 19.4. The zero-order chi connectivity index (χ0) is 19.5. The monoisotopic (exact) mass is 360 g/mol. The third-order valence-electron chi connectivity index (χ3n) is 2.84. The number of anilines is 1. The number of amides is 2. The van der Waals surface area contributed by atoms with Crippen LogP contribution < -0.4 is 4.90 Å². The van der Waals surface area contributed by atoms with Gasteiger partial charge in [0, 0.05) is 12.4 Å². The van der Waals surface area contributed by atoms with Crippen molar-refractivity contribution < 1.29 is 19.1 Å². The van der Waals surface area contributed by atoms with Gasteiger partial charge in [-0.15, -0.1) is 0 Å². The molecule has 0 saturated carbocycles. The lowest BCUT2D eigenvalue weighted by molar-refractivity contribution is 0.0429. The fourth-order valence-corrected chi connectivity index (χ4v) is 1.95. The molecule has 2 heterocycles. The number of carbonyl (C=O) groups excluding carboxylic acids is 2. The van der Waals surface area contributed by atoms with Crippen molar-refractivity contribution in [3.63, 3.8) is 0 Å². The topological polar surface area (TPSA) is 86.5 Å². The van der Waals surface area contributed by atoms with Gasteiger partial charge in [-0.2, -0.15) is 10.00 Å². The van der Waals surface area contributed by atoms with E-state index in [0.717, 1.165) is 4.90 Å². The molecule has 0 atom stereocenters. The van der Waals surface area contributed by atoms with E-state index in [1.54, 1.807) is 72.1 Å². The highest BCUT2D eigenvalue weighted by Gasteiger charge is 2.33. The van der Waals surface area contributed by atoms with Crippen molar-refractivity contribution in [2.45, 2.75) is 52.7 Å². The van der Waals surface area contributed by atoms with Crippen molar-refractivity contribution in [3.05, 3.63) is 36.7 Å². The summed E-state index contributed by atoms with van der Waals surface area (Å²) in [5, 5.41) is 4.10. The van der Waals surface area contributed by atoms with E-state index in [2.05, 4.69) is 10.1 Å². The van der Waals surface area contributed by atoms with Gasteiger partial charge in [0.1, 0.15) is 11.2 Å². The maximum atomic E-state index is 12.6. The van der Waals surface area contributed by atoms with Gasteiger partial charge in [-0.05, 0) is 59.7 Å². The number of pyridine rings is 1. The molecule has 0 saturated heterocycles. The molecular formula is C18H24N4O4. The van der Waals surface area contributed by atoms with Crippen LogP contribution in [0.2, 0.25) is 0 Å². The van der Waals surface area contributed by atoms with Crippen LogP contribution in [-0.4, -0.2) is 38.2 Å². The van der Waals surface area contributed by atoms with Gasteiger partial charge in [0.25, 0.3) is 0 Å². The van der Waals surface area contributed by atoms with E-state index in [4.69, 9.17) is 9.47 Å². The Labute approximate surface area is 152 Å². The summed E-state index contributed by atoms with van der Waals surface area (Å²) < 4.78 is 12.2. The maximum absolute atomic E-state index is 12.6. The first-order chi connectivity index (χ1) is 12.0. The molecule has 0 aliphatic heterocycles. The van der Waals surface area contributed by atoms with Crippen LogP contribution in [0.4, 0.5) is 15.4 Å². The first-order valence-electron chi connectivity index (χ1n) is 8.19. The number of hydrogen-bond donors (Lipinski definition) is 0. The van der Waals surface area contributed by atoms with Crippen molar-refractivity contribution in [3.8, 4) is 5.82 Å². The predicted octanol–water partition coefficient (Wildman–Crippen LogP) is 3.94. The Bertz CT molecular complexity index is 745. The van der Waals surface area contributed by atoms with Gasteiger partial charge in [-0.25, -0.2) is 19.3 Å². The minimum atomic E-state index is -0.864. The molecule has 0 radical (unpaired) electrons. The molecule has 0 spiro atoms. The predicted molar refractivity (Wildman–Crippen MR) is 96.3 cm³/mol. The third-order valence-corrected chi connectivity index (χ3v) is 2.84. The molecule has 0 bridgehead atoms. The highest BCUT2D eigenvalue weighted by atomic mass is 16.6. The Morgan fingerprint density at radius 2 is 1.54 bits per heavy atom. The minimum absolute atomic E-state index is 0.0847. The van der Waals surface area contributed by atoms with Gasteiger partial charge in [-0.1, -0.05) is 6.07 Å². The maximum Gasteiger partial charge on any atom is 0.425 e. The van der Waals surface area contributed by atoms with E-state index < -0.39 is 23.4 Å². The molecule has 0 fully saturated rings. The zero-order valence-electron chi connectivity index (χ0n) is 15.9. The second-order valence-electron chi connectivity index (χ2n) is 7.60. The molecule has 8 nitrogen and oxygen atoms in total. The average Bonchev–Trinajstić information content (AvgIpc) is 2.97. The van der Waals surface area contributed by atoms with Crippen LogP contribution in [0, 0.1) is 0 Å². The summed E-state index contributed by atoms with van der Waals surface area (Å²) in [5.41, 5.74) is -1.56. The standard InChI is InChI=1S/C18H24N4O4/c1-17(2,3)25-15(23)22(16(24)26-18(4,5)6)14-10-7-9-13(20-14)21-12-8-11-19-21/h7-12H,1-6H3. The summed E-state index contributed by atoms with van der Waals surface area (Å²) in [6.45, 7) is 10.3. The quantitative estimate of drug-likeness (QED) is 0.806. The fraction of sp³-hybridized carbons (Fsp3) is 0.444. The molecular weight excluding hydrogens is 336 g/mol. The van der Waals surface area contributed by atoms with Gasteiger partial charge in [0.05, 0.1) is 0 Å². The van der Waals surface area contributed by atoms with Gasteiger partial charge in [-0.3, -0.25) is 0 Å². The van der Waals surface area contributed by atoms with Crippen molar-refractivity contribution in [1.82, 2.24) is 14.8 Å². The zero-order valence-corrected chi connectivity index (χ0v) is 15.9. The lowest BCUT2D eigenvalue weighted by Gasteiger charge is -2.28. The molecule has 0 aliphatic carbocycles. The lowest BCUT2D eigenvalue weighted by Crippen LogP contribution is -2.44. The van der Waals surface area contributed by atoms with Crippen LogP contribution >= 0.6 is 0 Å². The number of imide groups is 1. The first-order valence-corrected chi connectivity index (χ1v) is 8.19. The summed E-state index contributed by atoms with van der Waals surface area (Å²) in [7, 11) is 0. The van der Waals surface area contributed by atoms with Crippen LogP contribution in [0.1, 0.15) is 41.5 Å². The fourth-order valence-electron chi connectivity index (χ4n) is 1.95. The van der Waals surface area contributed by atoms with E-state index in [1.165, 1.54) is 10.7 Å². The van der Waals surface area contributed by atoms with E-state index in [9.17, 15) is 9.59 Å². The highest BCUT2D eigenvalue weighted by molar-refractivity contribution is 6.08. The Hall–Kier alpha value is -2.90. The number of ether oxygens (including phenoxy) is 2. The van der Waals surface area contributed by atoms with Crippen LogP contribution in [0.3, 0.4) is 0 Å². The van der Waals surface area contributed by atoms with Crippen LogP contribution in [0.25, 0.3) is 5.82 Å². The molecule has 8 heteroatoms. The summed E-state index contributed by atoms with van der Waals surface area (Å²) in [4.78, 5) is 30.4. The number of hydrogen-bond acceptors (Lipinski definition) is 6. The third kappa shape index (κ3) is 5.30. The molecule has 2 aromatic rings. The van der Waals surface area contributed by atoms with Gasteiger partial charge in [0.2, 0.25) is 0 Å². The van der Waals surface area contributed by atoms with Gasteiger partial charge in [0.15, 0.2) is 11.6 Å². The Kier molecular flexibility index (Phi) is 5.34. The minimum Gasteiger partial charge on any atom is -0.443 e. The molecule has 0 N–H and O–H groups in total. The number of nitrogens with zero attached hydrogens (tertiary/aromatic N) is 4. The summed E-state index contributed by atoms with van der Waals surface area (Å²) in [6.07, 6.45) is 1.58. The van der Waals surface area contributed by atoms with E-state index >= 15 is 0 Å². The molecule has 26 heavy (non-hydrogen) atoms. The lowest BCUT2D eigenvalue weighted by atomic mass is 10.2. The second kappa shape index (κ2) is 7.15. The number of rotatable bonds is 2. The summed E-state index contributed by atoms with van der Waals surface area (Å²) in [6, 6.07) is 6.65. The molecule has 0 aromatic carbocycles. The normalized spacial score (nSPS) is 11.8. The Balaban J connectivity index is 2.41. The highest BCUT2D eigenvalue weighted by Crippen LogP contribution is 2.21. The van der Waals surface area contributed by atoms with Crippen LogP contribution in [0.5, 0.6) is 0 Å². The van der Waals surface area contributed by atoms with Crippen molar-refractivity contribution in [1.29, 1.82) is 0 Å². The van der Waals surface area contributed by atoms with Crippen molar-refractivity contribution in [2.24, 2.45) is 0 Å². The molecule has 2 aromatic heterocycles. The number of aromatic nitrogens is 3. The SMILES string of the molecule is CC(C)(C)OC(=O)N(C(=O)OC(C)(C)C)c1cccc(-n2cccn2)n1. The van der Waals surface area contributed by atoms with Crippen molar-refractivity contribution >= 4 is 18.0 Å². The van der Waals surface area contributed by atoms with E-state index in [-0.39, 0.29) is 5.82 Å². The largest absolute Gasteiger partial charge is 0.443 e.